The summed E-state index contributed by atoms with van der Waals surface area (Å²) in [4.78, 5) is 11.7. The molecule has 0 aliphatic carbocycles. The third-order valence-electron chi connectivity index (χ3n) is 2.55. The van der Waals surface area contributed by atoms with Gasteiger partial charge in [-0.3, -0.25) is 4.79 Å². The maximum atomic E-state index is 12.0. The lowest BCUT2D eigenvalue weighted by atomic mass is 10.00. The molecular weight excluding hydrogens is 258 g/mol. The Hall–Kier alpha value is -0.760. The lowest BCUT2D eigenvalue weighted by Gasteiger charge is -2.14. The molecule has 0 aliphatic heterocycles. The zero-order valence-corrected chi connectivity index (χ0v) is 11.5. The first kappa shape index (κ1) is 14.3. The van der Waals surface area contributed by atoms with Gasteiger partial charge in [-0.2, -0.15) is 0 Å². The van der Waals surface area contributed by atoms with Crippen molar-refractivity contribution in [1.29, 1.82) is 0 Å². The smallest absolute Gasteiger partial charge is 0.272 e. The van der Waals surface area contributed by atoms with Gasteiger partial charge in [-0.15, -0.1) is 15.7 Å². The van der Waals surface area contributed by atoms with E-state index < -0.39 is 21.9 Å². The highest BCUT2D eigenvalue weighted by molar-refractivity contribution is 7.93. The molecule has 7 heteroatoms. The van der Waals surface area contributed by atoms with Crippen LogP contribution in [0.3, 0.4) is 0 Å². The summed E-state index contributed by atoms with van der Waals surface area (Å²) in [6.45, 7) is 3.78. The van der Waals surface area contributed by atoms with E-state index in [-0.39, 0.29) is 5.92 Å². The molecule has 1 aromatic rings. The van der Waals surface area contributed by atoms with Gasteiger partial charge in [-0.1, -0.05) is 26.3 Å². The summed E-state index contributed by atoms with van der Waals surface area (Å²) in [7, 11) is -3.14. The summed E-state index contributed by atoms with van der Waals surface area (Å²) in [6, 6.07) is 2.56. The highest BCUT2D eigenvalue weighted by atomic mass is 32.2. The number of hydrogen-bond donors (Lipinski definition) is 2. The fourth-order valence-electron chi connectivity index (χ4n) is 1.17. The van der Waals surface area contributed by atoms with Crippen molar-refractivity contribution in [3.63, 3.8) is 0 Å². The van der Waals surface area contributed by atoms with Crippen molar-refractivity contribution in [3.05, 3.63) is 17.5 Å². The average molecular weight is 275 g/mol. The van der Waals surface area contributed by atoms with E-state index in [0.717, 1.165) is 6.42 Å². The van der Waals surface area contributed by atoms with E-state index in [1.54, 1.807) is 17.5 Å². The van der Waals surface area contributed by atoms with Gasteiger partial charge in [-0.25, -0.2) is 9.35 Å². The first-order chi connectivity index (χ1) is 7.88. The van der Waals surface area contributed by atoms with Crippen molar-refractivity contribution >= 4 is 27.2 Å². The molecule has 0 radical (unpaired) electrons. The molecule has 5 nitrogen and oxygen atoms in total. The van der Waals surface area contributed by atoms with Crippen LogP contribution in [0.25, 0.3) is 0 Å². The van der Waals surface area contributed by atoms with Gasteiger partial charge in [0, 0.05) is 0 Å². The fourth-order valence-corrected chi connectivity index (χ4v) is 3.20. The molecule has 1 unspecified atom stereocenters. The van der Waals surface area contributed by atoms with Gasteiger partial charge in [0.2, 0.25) is 0 Å². The topological polar surface area (TPSA) is 98.5 Å². The number of carbonyl (C=O) groups excluding carboxylic acids is 1. The molecule has 17 heavy (non-hydrogen) atoms. The molecule has 1 heterocycles. The Kier molecular flexibility index (Phi) is 4.81. The van der Waals surface area contributed by atoms with E-state index in [2.05, 4.69) is 4.36 Å². The fraction of sp³-hybridized carbons (Fsp3) is 0.500. The Labute approximate surface area is 106 Å². The summed E-state index contributed by atoms with van der Waals surface area (Å²) in [5.41, 5.74) is 5.71. The van der Waals surface area contributed by atoms with Crippen LogP contribution in [0.4, 0.5) is 0 Å². The van der Waals surface area contributed by atoms with Crippen LogP contribution in [0.1, 0.15) is 20.3 Å². The minimum absolute atomic E-state index is 0.00946. The molecule has 1 rings (SSSR count). The molecule has 1 amide bonds. The van der Waals surface area contributed by atoms with Crippen LogP contribution in [0.5, 0.6) is 0 Å². The van der Waals surface area contributed by atoms with Crippen LogP contribution in [-0.4, -0.2) is 16.2 Å². The van der Waals surface area contributed by atoms with Gasteiger partial charge in [-0.05, 0) is 17.4 Å². The van der Waals surface area contributed by atoms with E-state index >= 15 is 0 Å². The molecule has 0 bridgehead atoms. The highest BCUT2D eigenvalue weighted by Crippen LogP contribution is 2.16. The Morgan fingerprint density at radius 3 is 2.76 bits per heavy atom. The largest absolute Gasteiger partial charge is 0.320 e. The van der Waals surface area contributed by atoms with E-state index in [1.807, 2.05) is 13.8 Å². The summed E-state index contributed by atoms with van der Waals surface area (Å²) in [5.74, 6) is -0.606. The van der Waals surface area contributed by atoms with Crippen LogP contribution in [0, 0.1) is 5.92 Å². The first-order valence-electron chi connectivity index (χ1n) is 5.26. The molecule has 4 N–H and O–H groups in total. The molecule has 0 aromatic carbocycles. The molecule has 3 atom stereocenters. The zero-order chi connectivity index (χ0) is 13.1. The van der Waals surface area contributed by atoms with Crippen LogP contribution >= 0.6 is 11.3 Å². The van der Waals surface area contributed by atoms with Crippen molar-refractivity contribution < 1.29 is 9.00 Å². The standard InChI is InChI=1S/C10H17N3O2S2/c1-3-7(2)9(11)10(14)13-17(12,15)8-5-4-6-16-8/h4-7,9H,3,11H2,1-2H3,(H2,12,13,14,15)/t7-,9-,17?/m0/s1. The molecule has 0 saturated carbocycles. The number of rotatable bonds is 4. The average Bonchev–Trinajstić information content (AvgIpc) is 2.80. The van der Waals surface area contributed by atoms with Gasteiger partial charge in [0.15, 0.2) is 9.92 Å². The Morgan fingerprint density at radius 1 is 1.65 bits per heavy atom. The monoisotopic (exact) mass is 275 g/mol. The molecular formula is C10H17N3O2S2. The summed E-state index contributed by atoms with van der Waals surface area (Å²) >= 11 is 1.21. The highest BCUT2D eigenvalue weighted by Gasteiger charge is 2.21. The maximum Gasteiger partial charge on any atom is 0.272 e. The molecule has 0 aliphatic rings. The van der Waals surface area contributed by atoms with Crippen molar-refractivity contribution in [2.75, 3.05) is 0 Å². The Bertz CT molecular complexity index is 490. The summed E-state index contributed by atoms with van der Waals surface area (Å²) in [5, 5.41) is 7.29. The minimum Gasteiger partial charge on any atom is -0.320 e. The number of carbonyl (C=O) groups is 1. The van der Waals surface area contributed by atoms with Gasteiger partial charge in [0.1, 0.15) is 4.21 Å². The van der Waals surface area contributed by atoms with Crippen molar-refractivity contribution in [1.82, 2.24) is 0 Å². The third kappa shape index (κ3) is 3.60. The second kappa shape index (κ2) is 5.72. The second-order valence-corrected chi connectivity index (χ2v) is 6.81. The predicted octanol–water partition coefficient (Wildman–Crippen LogP) is 1.35. The number of nitrogens with two attached hydrogens (primary N) is 2. The van der Waals surface area contributed by atoms with Gasteiger partial charge in [0.05, 0.1) is 6.04 Å². The summed E-state index contributed by atoms with van der Waals surface area (Å²) < 4.78 is 16.0. The van der Waals surface area contributed by atoms with Crippen LogP contribution in [0.2, 0.25) is 0 Å². The van der Waals surface area contributed by atoms with Crippen molar-refractivity contribution in [3.8, 4) is 0 Å². The molecule has 96 valence electrons. The summed E-state index contributed by atoms with van der Waals surface area (Å²) in [6.07, 6.45) is 0.757. The van der Waals surface area contributed by atoms with Crippen molar-refractivity contribution in [2.24, 2.45) is 21.2 Å². The van der Waals surface area contributed by atoms with Crippen LogP contribution in [0.15, 0.2) is 26.1 Å². The molecule has 1 aromatic heterocycles. The zero-order valence-electron chi connectivity index (χ0n) is 9.83. The quantitative estimate of drug-likeness (QED) is 0.867. The number of nitrogens with zero attached hydrogens (tertiary/aromatic N) is 1. The number of hydrogen-bond acceptors (Lipinski definition) is 4. The van der Waals surface area contributed by atoms with E-state index in [9.17, 15) is 9.00 Å². The molecule has 0 saturated heterocycles. The lowest BCUT2D eigenvalue weighted by molar-refractivity contribution is -0.119. The van der Waals surface area contributed by atoms with E-state index in [1.165, 1.54) is 11.3 Å². The minimum atomic E-state index is -3.14. The van der Waals surface area contributed by atoms with Gasteiger partial charge < -0.3 is 5.73 Å². The second-order valence-electron chi connectivity index (χ2n) is 3.84. The predicted molar refractivity (Wildman–Crippen MR) is 69.8 cm³/mol. The third-order valence-corrected chi connectivity index (χ3v) is 5.38. The first-order valence-corrected chi connectivity index (χ1v) is 7.72. The van der Waals surface area contributed by atoms with E-state index in [4.69, 9.17) is 10.9 Å². The Balaban J connectivity index is 2.96. The van der Waals surface area contributed by atoms with Gasteiger partial charge in [0.25, 0.3) is 5.91 Å². The lowest BCUT2D eigenvalue weighted by Crippen LogP contribution is -2.36. The molecule has 0 spiro atoms. The SMILES string of the molecule is CC[C@H](C)[C@H](N)C(=O)N=S(N)(=O)c1cccs1. The Morgan fingerprint density at radius 2 is 2.29 bits per heavy atom. The number of thiophene rings is 1. The normalized spacial score (nSPS) is 18.1. The van der Waals surface area contributed by atoms with Gasteiger partial charge >= 0.3 is 0 Å². The number of amides is 1. The molecule has 0 fully saturated rings. The van der Waals surface area contributed by atoms with Crippen molar-refractivity contribution in [2.45, 2.75) is 30.5 Å². The van der Waals surface area contributed by atoms with Crippen LogP contribution in [-0.2, 0) is 14.7 Å². The maximum absolute atomic E-state index is 12.0. The van der Waals surface area contributed by atoms with E-state index in [0.29, 0.717) is 4.21 Å². The van der Waals surface area contributed by atoms with Crippen LogP contribution < -0.4 is 10.9 Å².